The molecule has 0 amide bonds. The van der Waals surface area contributed by atoms with E-state index in [4.69, 9.17) is 9.05 Å². The molecule has 0 aromatic carbocycles. The van der Waals surface area contributed by atoms with Crippen molar-refractivity contribution >= 4 is 7.60 Å². The van der Waals surface area contributed by atoms with Crippen LogP contribution in [0.5, 0.6) is 0 Å². The smallest absolute Gasteiger partial charge is 0.312 e. The van der Waals surface area contributed by atoms with E-state index in [1.807, 2.05) is 0 Å². The second-order valence-electron chi connectivity index (χ2n) is 4.03. The first-order chi connectivity index (χ1) is 6.03. The third-order valence-corrected chi connectivity index (χ3v) is 3.96. The maximum Gasteiger partial charge on any atom is 0.327 e. The molecule has 13 heavy (non-hydrogen) atoms. The highest BCUT2D eigenvalue weighted by molar-refractivity contribution is 7.52. The zero-order valence-electron chi connectivity index (χ0n) is 8.66. The topological polar surface area (TPSA) is 35.5 Å². The fraction of sp³-hybridized carbons (Fsp3) is 1.00. The lowest BCUT2D eigenvalue weighted by molar-refractivity contribution is 0.202. The van der Waals surface area contributed by atoms with Crippen molar-refractivity contribution in [3.05, 3.63) is 0 Å². The van der Waals surface area contributed by atoms with Gasteiger partial charge in [0.25, 0.3) is 0 Å². The van der Waals surface area contributed by atoms with E-state index in [2.05, 4.69) is 6.92 Å². The largest absolute Gasteiger partial charge is 0.327 e. The third-order valence-electron chi connectivity index (χ3n) is 2.68. The van der Waals surface area contributed by atoms with Gasteiger partial charge in [0.1, 0.15) is 0 Å². The maximum absolute atomic E-state index is 11.4. The first-order valence-corrected chi connectivity index (χ1v) is 6.80. The van der Waals surface area contributed by atoms with Gasteiger partial charge in [0, 0.05) is 13.8 Å². The predicted molar refractivity (Wildman–Crippen MR) is 53.0 cm³/mol. The van der Waals surface area contributed by atoms with E-state index in [9.17, 15) is 4.57 Å². The zero-order valence-corrected chi connectivity index (χ0v) is 9.55. The molecule has 78 valence electrons. The molecule has 0 saturated heterocycles. The molecule has 0 aliphatic heterocycles. The number of rotatable bonds is 4. The number of hydrogen-bond acceptors (Lipinski definition) is 3. The maximum atomic E-state index is 11.4. The molecular formula is C9H19O3P. The summed E-state index contributed by atoms with van der Waals surface area (Å²) in [7, 11) is -1.32. The van der Waals surface area contributed by atoms with E-state index in [0.29, 0.717) is 12.5 Å². The van der Waals surface area contributed by atoms with Gasteiger partial charge in [-0.3, -0.25) is 4.57 Å². The molecule has 0 bridgehead atoms. The van der Waals surface area contributed by atoms with E-state index in [-0.39, 0.29) is 0 Å². The van der Waals surface area contributed by atoms with Crippen LogP contribution in [-0.2, 0) is 13.6 Å². The summed E-state index contributed by atoms with van der Waals surface area (Å²) in [4.78, 5) is 0. The van der Waals surface area contributed by atoms with E-state index >= 15 is 0 Å². The summed E-state index contributed by atoms with van der Waals surface area (Å²) in [6.45, 7) is 4.36. The minimum atomic E-state index is -2.75. The molecule has 0 radical (unpaired) electrons. The molecule has 1 aliphatic rings. The number of hydrogen-bond donors (Lipinski definition) is 0. The molecule has 0 heterocycles. The average molecular weight is 206 g/mol. The Balaban J connectivity index is 2.23. The lowest BCUT2D eigenvalue weighted by atomic mass is 10.1. The Morgan fingerprint density at radius 1 is 1.46 bits per heavy atom. The van der Waals surface area contributed by atoms with Gasteiger partial charge < -0.3 is 9.05 Å². The molecule has 1 fully saturated rings. The van der Waals surface area contributed by atoms with Gasteiger partial charge in [-0.05, 0) is 24.7 Å². The quantitative estimate of drug-likeness (QED) is 0.663. The Hall–Kier alpha value is 0.150. The van der Waals surface area contributed by atoms with Crippen LogP contribution in [0.1, 0.15) is 26.2 Å². The molecule has 0 aromatic heterocycles. The van der Waals surface area contributed by atoms with Crippen molar-refractivity contribution in [2.75, 3.05) is 20.4 Å². The summed E-state index contributed by atoms with van der Waals surface area (Å²) in [5.74, 6) is 1.38. The van der Waals surface area contributed by atoms with Crippen molar-refractivity contribution in [3.8, 4) is 0 Å². The van der Waals surface area contributed by atoms with Gasteiger partial charge in [-0.15, -0.1) is 0 Å². The van der Waals surface area contributed by atoms with E-state index in [0.717, 1.165) is 5.92 Å². The van der Waals surface area contributed by atoms with Crippen molar-refractivity contribution in [1.29, 1.82) is 0 Å². The van der Waals surface area contributed by atoms with Crippen LogP contribution in [0, 0.1) is 11.8 Å². The summed E-state index contributed by atoms with van der Waals surface area (Å²) in [6, 6.07) is 0. The summed E-state index contributed by atoms with van der Waals surface area (Å²) in [5, 5.41) is 0. The molecule has 3 nitrogen and oxygen atoms in total. The van der Waals surface area contributed by atoms with Crippen LogP contribution in [0.4, 0.5) is 0 Å². The van der Waals surface area contributed by atoms with Crippen LogP contribution in [0.15, 0.2) is 0 Å². The molecule has 0 N–H and O–H groups in total. The zero-order chi connectivity index (χ0) is 9.90. The Kier molecular flexibility index (Phi) is 3.96. The van der Waals surface area contributed by atoms with Gasteiger partial charge in [0.2, 0.25) is 0 Å². The van der Waals surface area contributed by atoms with Crippen LogP contribution in [0.3, 0.4) is 0 Å². The third kappa shape index (κ3) is 3.80. The Morgan fingerprint density at radius 2 is 2.15 bits per heavy atom. The monoisotopic (exact) mass is 206 g/mol. The Morgan fingerprint density at radius 3 is 2.62 bits per heavy atom. The first kappa shape index (κ1) is 11.2. The van der Waals surface area contributed by atoms with Crippen molar-refractivity contribution < 1.29 is 13.6 Å². The summed E-state index contributed by atoms with van der Waals surface area (Å²) in [6.07, 6.45) is 3.67. The first-order valence-electron chi connectivity index (χ1n) is 4.81. The molecule has 0 spiro atoms. The highest BCUT2D eigenvalue weighted by atomic mass is 31.2. The molecular weight excluding hydrogens is 187 g/mol. The van der Waals surface area contributed by atoms with Crippen LogP contribution in [0.2, 0.25) is 0 Å². The van der Waals surface area contributed by atoms with Gasteiger partial charge >= 0.3 is 7.60 Å². The average Bonchev–Trinajstić information content (AvgIpc) is 2.48. The molecule has 0 aromatic rings. The highest BCUT2D eigenvalue weighted by Gasteiger charge is 2.24. The molecule has 3 atom stereocenters. The normalized spacial score (nSPS) is 33.2. The SMILES string of the molecule is COP(C)(=O)OCC1CCC(C)C1. The fourth-order valence-corrected chi connectivity index (χ4v) is 2.36. The van der Waals surface area contributed by atoms with Crippen molar-refractivity contribution in [2.24, 2.45) is 11.8 Å². The minimum Gasteiger partial charge on any atom is -0.312 e. The van der Waals surface area contributed by atoms with Crippen LogP contribution in [-0.4, -0.2) is 20.4 Å². The van der Waals surface area contributed by atoms with Gasteiger partial charge in [0.05, 0.1) is 6.61 Å². The lowest BCUT2D eigenvalue weighted by Crippen LogP contribution is -2.05. The molecule has 1 aliphatic carbocycles. The molecule has 4 heteroatoms. The highest BCUT2D eigenvalue weighted by Crippen LogP contribution is 2.44. The summed E-state index contributed by atoms with van der Waals surface area (Å²) >= 11 is 0. The Labute approximate surface area is 80.3 Å². The van der Waals surface area contributed by atoms with E-state index < -0.39 is 7.60 Å². The summed E-state index contributed by atoms with van der Waals surface area (Å²) < 4.78 is 21.4. The van der Waals surface area contributed by atoms with Crippen molar-refractivity contribution in [2.45, 2.75) is 26.2 Å². The van der Waals surface area contributed by atoms with Gasteiger partial charge in [-0.2, -0.15) is 0 Å². The second kappa shape index (κ2) is 4.59. The summed E-state index contributed by atoms with van der Waals surface area (Å²) in [5.41, 5.74) is 0. The second-order valence-corrected chi connectivity index (χ2v) is 6.20. The molecule has 1 rings (SSSR count). The fourth-order valence-electron chi connectivity index (χ4n) is 1.77. The van der Waals surface area contributed by atoms with Crippen LogP contribution in [0.25, 0.3) is 0 Å². The van der Waals surface area contributed by atoms with E-state index in [1.54, 1.807) is 0 Å². The molecule has 3 unspecified atom stereocenters. The van der Waals surface area contributed by atoms with Gasteiger partial charge in [-0.25, -0.2) is 0 Å². The predicted octanol–water partition coefficient (Wildman–Crippen LogP) is 2.91. The van der Waals surface area contributed by atoms with Gasteiger partial charge in [-0.1, -0.05) is 13.3 Å². The Bertz CT molecular complexity index is 205. The standard InChI is InChI=1S/C9H19O3P/c1-8-4-5-9(6-8)7-12-13(3,10)11-2/h8-9H,4-7H2,1-3H3. The van der Waals surface area contributed by atoms with Crippen molar-refractivity contribution in [3.63, 3.8) is 0 Å². The van der Waals surface area contributed by atoms with Crippen LogP contribution >= 0.6 is 7.60 Å². The van der Waals surface area contributed by atoms with Crippen LogP contribution < -0.4 is 0 Å². The van der Waals surface area contributed by atoms with Crippen molar-refractivity contribution in [1.82, 2.24) is 0 Å². The minimum absolute atomic E-state index is 0.582. The van der Waals surface area contributed by atoms with Gasteiger partial charge in [0.15, 0.2) is 0 Å². The van der Waals surface area contributed by atoms with E-state index in [1.165, 1.54) is 33.0 Å². The molecule has 1 saturated carbocycles. The lowest BCUT2D eigenvalue weighted by Gasteiger charge is -2.14.